The van der Waals surface area contributed by atoms with Crippen molar-refractivity contribution in [1.29, 1.82) is 5.26 Å². The van der Waals surface area contributed by atoms with Gasteiger partial charge >= 0.3 is 6.03 Å². The minimum Gasteiger partial charge on any atom is -0.324 e. The summed E-state index contributed by atoms with van der Waals surface area (Å²) in [6.07, 6.45) is 1.61. The number of fused-ring (bicyclic) bond motifs is 1. The maximum absolute atomic E-state index is 12.7. The Bertz CT molecular complexity index is 1220. The molecular formula is C21H16ClN7O2. The van der Waals surface area contributed by atoms with E-state index in [-0.39, 0.29) is 19.0 Å². The van der Waals surface area contributed by atoms with Crippen molar-refractivity contribution in [1.82, 2.24) is 9.97 Å². The second-order valence-corrected chi connectivity index (χ2v) is 7.10. The second kappa shape index (κ2) is 8.39. The molecule has 154 valence electrons. The Morgan fingerprint density at radius 2 is 2.06 bits per heavy atom. The molecule has 2 heterocycles. The van der Waals surface area contributed by atoms with Crippen molar-refractivity contribution in [2.75, 3.05) is 15.5 Å². The summed E-state index contributed by atoms with van der Waals surface area (Å²) in [6, 6.07) is 12.7. The standard InChI is InChI=1S/C21H16ClN7O2/c22-16-6-5-15(26-20(30)13-3-1-12(8-23)2-4-13)7-17(16)29-11-14-10-25-18(9-24)27-19(14)28-21(29)31/h1-7,10H,9,11,24H2,(H,26,30)(H,25,27,28,31). The molecule has 0 fully saturated rings. The first-order chi connectivity index (χ1) is 15.0. The van der Waals surface area contributed by atoms with Crippen molar-refractivity contribution in [3.05, 3.63) is 76.2 Å². The van der Waals surface area contributed by atoms with E-state index in [9.17, 15) is 9.59 Å². The fraction of sp³-hybridized carbons (Fsp3) is 0.0952. The van der Waals surface area contributed by atoms with E-state index in [1.165, 1.54) is 4.90 Å². The summed E-state index contributed by atoms with van der Waals surface area (Å²) in [5.74, 6) is 0.491. The van der Waals surface area contributed by atoms with E-state index in [0.29, 0.717) is 44.7 Å². The molecule has 4 N–H and O–H groups in total. The summed E-state index contributed by atoms with van der Waals surface area (Å²) >= 11 is 6.34. The lowest BCUT2D eigenvalue weighted by atomic mass is 10.1. The van der Waals surface area contributed by atoms with Crippen LogP contribution in [-0.4, -0.2) is 21.9 Å². The number of halogens is 1. The highest BCUT2D eigenvalue weighted by Gasteiger charge is 2.27. The molecule has 1 aliphatic heterocycles. The van der Waals surface area contributed by atoms with Gasteiger partial charge in [0.15, 0.2) is 0 Å². The highest BCUT2D eigenvalue weighted by atomic mass is 35.5. The molecule has 3 amide bonds. The molecule has 9 nitrogen and oxygen atoms in total. The van der Waals surface area contributed by atoms with Gasteiger partial charge in [-0.15, -0.1) is 0 Å². The van der Waals surface area contributed by atoms with Crippen LogP contribution in [0.2, 0.25) is 5.02 Å². The predicted octanol–water partition coefficient (Wildman–Crippen LogP) is 3.26. The van der Waals surface area contributed by atoms with Crippen LogP contribution in [-0.2, 0) is 13.1 Å². The average Bonchev–Trinajstić information content (AvgIpc) is 2.79. The Kier molecular flexibility index (Phi) is 5.49. The number of carbonyl (C=O) groups excluding carboxylic acids is 2. The summed E-state index contributed by atoms with van der Waals surface area (Å²) in [7, 11) is 0. The number of benzene rings is 2. The fourth-order valence-electron chi connectivity index (χ4n) is 3.07. The third-order valence-electron chi connectivity index (χ3n) is 4.67. The van der Waals surface area contributed by atoms with Gasteiger partial charge in [0.1, 0.15) is 11.6 Å². The average molecular weight is 434 g/mol. The van der Waals surface area contributed by atoms with E-state index < -0.39 is 6.03 Å². The van der Waals surface area contributed by atoms with Gasteiger partial charge in [0, 0.05) is 23.0 Å². The van der Waals surface area contributed by atoms with Crippen molar-refractivity contribution in [3.63, 3.8) is 0 Å². The van der Waals surface area contributed by atoms with Crippen LogP contribution in [0.15, 0.2) is 48.7 Å². The van der Waals surface area contributed by atoms with E-state index in [1.54, 1.807) is 48.7 Å². The minimum absolute atomic E-state index is 0.166. The summed E-state index contributed by atoms with van der Waals surface area (Å²) in [4.78, 5) is 35.0. The van der Waals surface area contributed by atoms with Gasteiger partial charge in [-0.05, 0) is 42.5 Å². The third-order valence-corrected chi connectivity index (χ3v) is 4.99. The molecule has 0 unspecified atom stereocenters. The van der Waals surface area contributed by atoms with Crippen molar-refractivity contribution in [2.24, 2.45) is 5.73 Å². The number of rotatable bonds is 4. The number of nitrogens with zero attached hydrogens (tertiary/aromatic N) is 4. The summed E-state index contributed by atoms with van der Waals surface area (Å²) in [5.41, 5.74) is 8.00. The zero-order chi connectivity index (χ0) is 22.0. The van der Waals surface area contributed by atoms with E-state index in [1.807, 2.05) is 6.07 Å². The highest BCUT2D eigenvalue weighted by molar-refractivity contribution is 6.34. The quantitative estimate of drug-likeness (QED) is 0.577. The van der Waals surface area contributed by atoms with E-state index >= 15 is 0 Å². The first kappa shape index (κ1) is 20.3. The van der Waals surface area contributed by atoms with Gasteiger partial charge in [-0.1, -0.05) is 11.6 Å². The molecule has 31 heavy (non-hydrogen) atoms. The van der Waals surface area contributed by atoms with Gasteiger partial charge < -0.3 is 11.1 Å². The monoisotopic (exact) mass is 433 g/mol. The number of anilines is 3. The lowest BCUT2D eigenvalue weighted by Gasteiger charge is -2.29. The summed E-state index contributed by atoms with van der Waals surface area (Å²) in [5, 5.41) is 14.7. The zero-order valence-electron chi connectivity index (χ0n) is 16.1. The summed E-state index contributed by atoms with van der Waals surface area (Å²) in [6.45, 7) is 0.373. The Labute approximate surface area is 182 Å². The van der Waals surface area contributed by atoms with Crippen LogP contribution >= 0.6 is 11.6 Å². The lowest BCUT2D eigenvalue weighted by Crippen LogP contribution is -2.39. The number of amides is 3. The highest BCUT2D eigenvalue weighted by Crippen LogP contribution is 2.33. The third kappa shape index (κ3) is 4.16. The normalized spacial score (nSPS) is 12.5. The molecule has 0 saturated heterocycles. The molecule has 0 atom stereocenters. The first-order valence-electron chi connectivity index (χ1n) is 9.23. The van der Waals surface area contributed by atoms with Crippen LogP contribution in [0.3, 0.4) is 0 Å². The second-order valence-electron chi connectivity index (χ2n) is 6.69. The van der Waals surface area contributed by atoms with Crippen LogP contribution in [0.1, 0.15) is 27.3 Å². The van der Waals surface area contributed by atoms with Crippen LogP contribution in [0, 0.1) is 11.3 Å². The number of carbonyl (C=O) groups is 2. The Balaban J connectivity index is 1.58. The molecule has 0 saturated carbocycles. The molecule has 1 aromatic heterocycles. The van der Waals surface area contributed by atoms with E-state index in [2.05, 4.69) is 20.6 Å². The molecule has 0 bridgehead atoms. The van der Waals surface area contributed by atoms with Gasteiger partial charge in [-0.3, -0.25) is 15.0 Å². The molecule has 1 aliphatic rings. The SMILES string of the molecule is N#Cc1ccc(C(=O)Nc2ccc(Cl)c(N3Cc4cnc(CN)nc4NC3=O)c2)cc1. The maximum Gasteiger partial charge on any atom is 0.327 e. The van der Waals surface area contributed by atoms with E-state index in [4.69, 9.17) is 22.6 Å². The van der Waals surface area contributed by atoms with Crippen molar-refractivity contribution in [3.8, 4) is 6.07 Å². The Morgan fingerprint density at radius 3 is 2.77 bits per heavy atom. The largest absolute Gasteiger partial charge is 0.327 e. The number of urea groups is 1. The van der Waals surface area contributed by atoms with Gasteiger partial charge in [0.05, 0.1) is 35.4 Å². The fourth-order valence-corrected chi connectivity index (χ4v) is 3.29. The summed E-state index contributed by atoms with van der Waals surface area (Å²) < 4.78 is 0. The van der Waals surface area contributed by atoms with Crippen LogP contribution in [0.25, 0.3) is 0 Å². The van der Waals surface area contributed by atoms with Gasteiger partial charge in [0.25, 0.3) is 5.91 Å². The molecule has 0 radical (unpaired) electrons. The number of nitrogens with one attached hydrogen (secondary N) is 2. The number of hydrogen-bond acceptors (Lipinski definition) is 6. The number of hydrogen-bond donors (Lipinski definition) is 3. The number of aromatic nitrogens is 2. The first-order valence-corrected chi connectivity index (χ1v) is 9.60. The smallest absolute Gasteiger partial charge is 0.324 e. The molecule has 4 rings (SSSR count). The topological polar surface area (TPSA) is 137 Å². The van der Waals surface area contributed by atoms with Crippen LogP contribution in [0.4, 0.5) is 22.0 Å². The zero-order valence-corrected chi connectivity index (χ0v) is 16.8. The maximum atomic E-state index is 12.7. The molecule has 3 aromatic rings. The molecule has 0 spiro atoms. The molecular weight excluding hydrogens is 418 g/mol. The minimum atomic E-state index is -0.411. The molecule has 2 aromatic carbocycles. The van der Waals surface area contributed by atoms with Gasteiger partial charge in [-0.25, -0.2) is 14.8 Å². The van der Waals surface area contributed by atoms with Crippen molar-refractivity contribution >= 4 is 40.7 Å². The van der Waals surface area contributed by atoms with Crippen LogP contribution in [0.5, 0.6) is 0 Å². The number of nitriles is 1. The van der Waals surface area contributed by atoms with Crippen LogP contribution < -0.4 is 21.3 Å². The van der Waals surface area contributed by atoms with Crippen molar-refractivity contribution in [2.45, 2.75) is 13.1 Å². The molecule has 10 heteroatoms. The lowest BCUT2D eigenvalue weighted by molar-refractivity contribution is 0.102. The van der Waals surface area contributed by atoms with Crippen molar-refractivity contribution < 1.29 is 9.59 Å². The molecule has 0 aliphatic carbocycles. The van der Waals surface area contributed by atoms with Gasteiger partial charge in [0.2, 0.25) is 0 Å². The van der Waals surface area contributed by atoms with Gasteiger partial charge in [-0.2, -0.15) is 5.26 Å². The predicted molar refractivity (Wildman–Crippen MR) is 116 cm³/mol. The Morgan fingerprint density at radius 1 is 1.29 bits per heavy atom. The Hall–Kier alpha value is -4.00. The van der Waals surface area contributed by atoms with E-state index in [0.717, 1.165) is 0 Å². The number of nitrogens with two attached hydrogens (primary N) is 1.